The van der Waals surface area contributed by atoms with Gasteiger partial charge in [-0.3, -0.25) is 24.1 Å². The van der Waals surface area contributed by atoms with E-state index in [0.29, 0.717) is 38.5 Å². The van der Waals surface area contributed by atoms with Gasteiger partial charge in [0.1, 0.15) is 17.6 Å². The Morgan fingerprint density at radius 1 is 0.897 bits per heavy atom. The Kier molecular flexibility index (Phi) is 14.8. The molecule has 160 valence electrons. The Bertz CT molecular complexity index is 661. The second-order valence-electron chi connectivity index (χ2n) is 6.85. The van der Waals surface area contributed by atoms with Crippen LogP contribution in [0.1, 0.15) is 71.6 Å². The minimum atomic E-state index is -1.18. The van der Waals surface area contributed by atoms with Crippen LogP contribution in [0.3, 0.4) is 0 Å². The maximum atomic E-state index is 11.8. The molecule has 0 aromatic rings. The molecule has 1 unspecified atom stereocenters. The third-order valence-corrected chi connectivity index (χ3v) is 4.07. The molecule has 0 aliphatic heterocycles. The molecule has 0 spiro atoms. The second kappa shape index (κ2) is 16.3. The number of rotatable bonds is 15. The Balaban J connectivity index is 4.25. The van der Waals surface area contributed by atoms with Crippen molar-refractivity contribution in [2.75, 3.05) is 13.1 Å². The van der Waals surface area contributed by atoms with Crippen LogP contribution in [0.2, 0.25) is 0 Å². The number of Topliss-reactive ketones (excluding diaryl/α,β-unsaturated/α-hetero) is 2. The average Bonchev–Trinajstić information content (AvgIpc) is 2.62. The van der Waals surface area contributed by atoms with E-state index >= 15 is 0 Å². The van der Waals surface area contributed by atoms with Gasteiger partial charge in [-0.25, -0.2) is 0 Å². The summed E-state index contributed by atoms with van der Waals surface area (Å²) in [4.78, 5) is 46.7. The van der Waals surface area contributed by atoms with E-state index in [1.54, 1.807) is 0 Å². The fraction of sp³-hybridized carbons (Fsp3) is 0.636. The van der Waals surface area contributed by atoms with Crippen LogP contribution >= 0.6 is 0 Å². The van der Waals surface area contributed by atoms with E-state index in [2.05, 4.69) is 23.7 Å². The molecule has 1 atom stereocenters. The predicted octanol–water partition coefficient (Wildman–Crippen LogP) is 2.52. The van der Waals surface area contributed by atoms with Gasteiger partial charge in [-0.2, -0.15) is 0 Å². The fourth-order valence-corrected chi connectivity index (χ4v) is 2.70. The van der Waals surface area contributed by atoms with Crippen LogP contribution in [-0.2, 0) is 19.2 Å². The number of carboxylic acid groups (broad SMARTS) is 2. The number of hydrogen-bond acceptors (Lipinski definition) is 5. The van der Waals surface area contributed by atoms with Gasteiger partial charge in [-0.1, -0.05) is 31.6 Å². The molecule has 0 bridgehead atoms. The van der Waals surface area contributed by atoms with Gasteiger partial charge in [0.05, 0.1) is 13.1 Å². The first-order valence-electron chi connectivity index (χ1n) is 9.93. The van der Waals surface area contributed by atoms with Crippen LogP contribution in [0.5, 0.6) is 0 Å². The van der Waals surface area contributed by atoms with Crippen molar-refractivity contribution in [3.05, 3.63) is 0 Å². The van der Waals surface area contributed by atoms with Gasteiger partial charge in [0.15, 0.2) is 0 Å². The molecule has 2 N–H and O–H groups in total. The Morgan fingerprint density at radius 2 is 1.55 bits per heavy atom. The maximum Gasteiger partial charge on any atom is 0.320 e. The summed E-state index contributed by atoms with van der Waals surface area (Å²) in [5, 5.41) is 18.3. The number of ketones is 2. The van der Waals surface area contributed by atoms with Crippen molar-refractivity contribution in [2.24, 2.45) is 0 Å². The second-order valence-corrected chi connectivity index (χ2v) is 6.85. The molecule has 0 heterocycles. The highest BCUT2D eigenvalue weighted by molar-refractivity contribution is 5.81. The Hall–Kier alpha value is -2.64. The van der Waals surface area contributed by atoms with Gasteiger partial charge in [-0.15, -0.1) is 0 Å². The van der Waals surface area contributed by atoms with Crippen LogP contribution < -0.4 is 0 Å². The minimum absolute atomic E-state index is 0.111. The van der Waals surface area contributed by atoms with Gasteiger partial charge in [0.2, 0.25) is 0 Å². The molecule has 0 aromatic heterocycles. The van der Waals surface area contributed by atoms with E-state index in [1.165, 1.54) is 11.8 Å². The number of carbonyl (C=O) groups excluding carboxylic acids is 2. The highest BCUT2D eigenvalue weighted by Crippen LogP contribution is 2.13. The van der Waals surface area contributed by atoms with E-state index in [9.17, 15) is 24.3 Å². The summed E-state index contributed by atoms with van der Waals surface area (Å²) in [7, 11) is 0. The van der Waals surface area contributed by atoms with Crippen molar-refractivity contribution in [1.29, 1.82) is 0 Å². The van der Waals surface area contributed by atoms with Crippen molar-refractivity contribution in [2.45, 2.75) is 77.7 Å². The van der Waals surface area contributed by atoms with E-state index in [1.807, 2.05) is 6.92 Å². The summed E-state index contributed by atoms with van der Waals surface area (Å²) in [5.41, 5.74) is 0. The first kappa shape index (κ1) is 26.4. The van der Waals surface area contributed by atoms with Gasteiger partial charge >= 0.3 is 11.9 Å². The zero-order valence-corrected chi connectivity index (χ0v) is 17.3. The van der Waals surface area contributed by atoms with E-state index in [-0.39, 0.29) is 24.5 Å². The van der Waals surface area contributed by atoms with Gasteiger partial charge < -0.3 is 10.2 Å². The molecule has 0 fully saturated rings. The molecule has 0 amide bonds. The largest absolute Gasteiger partial charge is 0.480 e. The minimum Gasteiger partial charge on any atom is -0.480 e. The lowest BCUT2D eigenvalue weighted by atomic mass is 10.0. The number of aliphatic carboxylic acids is 2. The first-order chi connectivity index (χ1) is 13.8. The Labute approximate surface area is 172 Å². The van der Waals surface area contributed by atoms with Crippen molar-refractivity contribution in [3.63, 3.8) is 0 Å². The quantitative estimate of drug-likeness (QED) is 0.318. The van der Waals surface area contributed by atoms with Crippen molar-refractivity contribution < 1.29 is 29.4 Å². The molecule has 7 heteroatoms. The molecule has 0 saturated heterocycles. The van der Waals surface area contributed by atoms with Crippen LogP contribution in [0.25, 0.3) is 0 Å². The summed E-state index contributed by atoms with van der Waals surface area (Å²) in [5.74, 6) is 8.73. The van der Waals surface area contributed by atoms with Crippen LogP contribution in [0, 0.1) is 23.7 Å². The lowest BCUT2D eigenvalue weighted by Crippen LogP contribution is -2.46. The monoisotopic (exact) mass is 405 g/mol. The summed E-state index contributed by atoms with van der Waals surface area (Å²) < 4.78 is 0. The SMILES string of the molecule is CCCC#CC#CCCC(=O)CCCCCC(C(=O)O)N(CC(C)=O)CC(=O)O. The lowest BCUT2D eigenvalue weighted by Gasteiger charge is -2.26. The molecule has 7 nitrogen and oxygen atoms in total. The lowest BCUT2D eigenvalue weighted by molar-refractivity contribution is -0.147. The van der Waals surface area contributed by atoms with E-state index in [0.717, 1.165) is 12.8 Å². The third-order valence-electron chi connectivity index (χ3n) is 4.07. The van der Waals surface area contributed by atoms with Gasteiger partial charge in [0.25, 0.3) is 0 Å². The topological polar surface area (TPSA) is 112 Å². The van der Waals surface area contributed by atoms with Crippen LogP contribution in [-0.4, -0.2) is 57.7 Å². The number of unbranched alkanes of at least 4 members (excludes halogenated alkanes) is 3. The summed E-state index contributed by atoms with van der Waals surface area (Å²) in [6.45, 7) is 2.62. The highest BCUT2D eigenvalue weighted by atomic mass is 16.4. The number of nitrogens with zero attached hydrogens (tertiary/aromatic N) is 1. The standard InChI is InChI=1S/C22H31NO6/c1-3-4-5-6-7-8-10-13-19(25)14-11-9-12-15-20(22(28)29)23(16-18(2)24)17-21(26)27/h20H,3-4,9-17H2,1-2H3,(H,26,27)(H,28,29). The van der Waals surface area contributed by atoms with Crippen molar-refractivity contribution >= 4 is 23.5 Å². The van der Waals surface area contributed by atoms with Crippen LogP contribution in [0.15, 0.2) is 0 Å². The maximum absolute atomic E-state index is 11.8. The summed E-state index contributed by atoms with van der Waals surface area (Å²) in [6.07, 6.45) is 5.14. The highest BCUT2D eigenvalue weighted by Gasteiger charge is 2.27. The average molecular weight is 405 g/mol. The first-order valence-corrected chi connectivity index (χ1v) is 9.93. The molecule has 0 radical (unpaired) electrons. The molecular formula is C22H31NO6. The van der Waals surface area contributed by atoms with E-state index in [4.69, 9.17) is 5.11 Å². The zero-order chi connectivity index (χ0) is 22.1. The molecule has 0 saturated carbocycles. The normalized spacial score (nSPS) is 11.0. The zero-order valence-electron chi connectivity index (χ0n) is 17.3. The molecule has 0 aliphatic rings. The molecule has 0 aliphatic carbocycles. The van der Waals surface area contributed by atoms with Crippen molar-refractivity contribution in [3.8, 4) is 23.7 Å². The fourth-order valence-electron chi connectivity index (χ4n) is 2.70. The number of hydrogen-bond donors (Lipinski definition) is 2. The van der Waals surface area contributed by atoms with E-state index < -0.39 is 24.5 Å². The number of carbonyl (C=O) groups is 4. The Morgan fingerprint density at radius 3 is 2.10 bits per heavy atom. The van der Waals surface area contributed by atoms with Crippen molar-refractivity contribution in [1.82, 2.24) is 4.90 Å². The molecule has 0 rings (SSSR count). The summed E-state index contributed by atoms with van der Waals surface area (Å²) in [6, 6.07) is -1.03. The molecule has 0 aromatic carbocycles. The predicted molar refractivity (Wildman–Crippen MR) is 109 cm³/mol. The molecule has 29 heavy (non-hydrogen) atoms. The third kappa shape index (κ3) is 15.0. The van der Waals surface area contributed by atoms with Crippen LogP contribution in [0.4, 0.5) is 0 Å². The number of carboxylic acids is 2. The van der Waals surface area contributed by atoms with Gasteiger partial charge in [-0.05, 0) is 38.0 Å². The summed E-state index contributed by atoms with van der Waals surface area (Å²) >= 11 is 0. The molecular weight excluding hydrogens is 374 g/mol. The van der Waals surface area contributed by atoms with Gasteiger partial charge in [0, 0.05) is 25.7 Å². The smallest absolute Gasteiger partial charge is 0.320 e.